The van der Waals surface area contributed by atoms with E-state index in [1.165, 1.54) is 75.7 Å². The second-order valence-electron chi connectivity index (χ2n) is 13.5. The van der Waals surface area contributed by atoms with E-state index >= 15 is 0 Å². The van der Waals surface area contributed by atoms with Crippen molar-refractivity contribution < 1.29 is 78.1 Å². The summed E-state index contributed by atoms with van der Waals surface area (Å²) in [6.07, 6.45) is 0. The summed E-state index contributed by atoms with van der Waals surface area (Å²) in [6.45, 7) is 5.90. The maximum absolute atomic E-state index is 11.8. The van der Waals surface area contributed by atoms with Crippen molar-refractivity contribution in [1.29, 1.82) is 0 Å². The zero-order valence-corrected chi connectivity index (χ0v) is 38.1. The van der Waals surface area contributed by atoms with Gasteiger partial charge in [0.05, 0.1) is 14.7 Å². The first-order valence-electron chi connectivity index (χ1n) is 17.6. The van der Waals surface area contributed by atoms with Gasteiger partial charge in [0.15, 0.2) is 11.4 Å². The average Bonchev–Trinajstić information content (AvgIpc) is 3.21. The van der Waals surface area contributed by atoms with Gasteiger partial charge in [0.2, 0.25) is 30.1 Å². The van der Waals surface area contributed by atoms with E-state index in [0.717, 1.165) is 30.3 Å². The van der Waals surface area contributed by atoms with E-state index in [0.29, 0.717) is 0 Å². The van der Waals surface area contributed by atoms with Crippen molar-refractivity contribution in [3.05, 3.63) is 84.9 Å². The van der Waals surface area contributed by atoms with Crippen molar-refractivity contribution in [2.45, 2.75) is 41.0 Å². The molecule has 0 radical (unpaired) electrons. The SMILES string of the molecule is CC(C)(C)N.CNS(=O)(=O)c1ccc(N=Nc2ccc(O)c(N=Nc3ccc(S(=O)(=O)NC)cc3O)c2O)c(O)c1.CNS(=O)(=O)c1ccc(N=Nc2ccc(O)cc2O)c(O)c1.[Fe]. The number of nitrogens with one attached hydrogen (secondary N) is 3. The quantitative estimate of drug-likeness (QED) is 0.0503. The van der Waals surface area contributed by atoms with E-state index in [1.807, 2.05) is 20.8 Å². The maximum atomic E-state index is 11.8. The number of hydrogen-bond donors (Lipinski definition) is 11. The van der Waals surface area contributed by atoms with Crippen LogP contribution >= 0.6 is 0 Å². The molecule has 0 bridgehead atoms. The molecule has 0 fully saturated rings. The van der Waals surface area contributed by atoms with Gasteiger partial charge in [-0.25, -0.2) is 39.4 Å². The van der Waals surface area contributed by atoms with Gasteiger partial charge < -0.3 is 41.5 Å². The Balaban J connectivity index is 0.000000427. The molecule has 23 nitrogen and oxygen atoms in total. The Morgan fingerprint density at radius 2 is 0.719 bits per heavy atom. The molecule has 0 unspecified atom stereocenters. The predicted molar refractivity (Wildman–Crippen MR) is 229 cm³/mol. The van der Waals surface area contributed by atoms with E-state index in [1.54, 1.807) is 0 Å². The third kappa shape index (κ3) is 15.2. The number of nitrogens with two attached hydrogens (primary N) is 1. The van der Waals surface area contributed by atoms with Crippen molar-refractivity contribution in [2.24, 2.45) is 36.4 Å². The van der Waals surface area contributed by atoms with Gasteiger partial charge in [0, 0.05) is 46.9 Å². The third-order valence-electron chi connectivity index (χ3n) is 7.43. The van der Waals surface area contributed by atoms with Crippen LogP contribution in [-0.4, -0.2) is 87.7 Å². The van der Waals surface area contributed by atoms with Crippen molar-refractivity contribution in [2.75, 3.05) is 21.1 Å². The van der Waals surface area contributed by atoms with Crippen LogP contribution in [0.2, 0.25) is 0 Å². The Bertz CT molecular complexity index is 2890. The minimum absolute atomic E-state index is 0. The number of nitrogens with zero attached hydrogens (tertiary/aromatic N) is 6. The number of phenolic OH excluding ortho intramolecular Hbond substituents is 7. The Kier molecular flexibility index (Phi) is 18.8. The zero-order valence-electron chi connectivity index (χ0n) is 34.5. The third-order valence-corrected chi connectivity index (χ3v) is 11.7. The summed E-state index contributed by atoms with van der Waals surface area (Å²) in [4.78, 5) is -0.523. The molecule has 27 heteroatoms. The summed E-state index contributed by atoms with van der Waals surface area (Å²) in [5, 5.41) is 91.6. The molecule has 0 heterocycles. The normalized spacial score (nSPS) is 12.0. The molecule has 0 atom stereocenters. The van der Waals surface area contributed by atoms with Gasteiger partial charge >= 0.3 is 0 Å². The largest absolute Gasteiger partial charge is 0.508 e. The van der Waals surface area contributed by atoms with Crippen molar-refractivity contribution in [3.8, 4) is 40.2 Å². The van der Waals surface area contributed by atoms with Crippen LogP contribution in [0.25, 0.3) is 0 Å². The zero-order chi connectivity index (χ0) is 47.5. The van der Waals surface area contributed by atoms with Crippen molar-refractivity contribution in [1.82, 2.24) is 14.2 Å². The smallest absolute Gasteiger partial charge is 0.240 e. The Morgan fingerprint density at radius 1 is 0.438 bits per heavy atom. The topological polar surface area (TPSA) is 380 Å². The number of hydrogen-bond acceptors (Lipinski definition) is 20. The number of phenols is 7. The molecule has 0 spiro atoms. The second kappa shape index (κ2) is 22.4. The fraction of sp³-hybridized carbons (Fsp3) is 0.189. The Hall–Kier alpha value is -6.29. The monoisotopic (exact) mass is 988 g/mol. The van der Waals surface area contributed by atoms with E-state index in [9.17, 15) is 55.9 Å². The van der Waals surface area contributed by atoms with Gasteiger partial charge in [0.25, 0.3) is 0 Å². The summed E-state index contributed by atoms with van der Waals surface area (Å²) >= 11 is 0. The minimum atomic E-state index is -3.80. The van der Waals surface area contributed by atoms with Gasteiger partial charge in [0.1, 0.15) is 62.9 Å². The molecule has 5 rings (SSSR count). The predicted octanol–water partition coefficient (Wildman–Crippen LogP) is 6.02. The van der Waals surface area contributed by atoms with Crippen LogP contribution in [-0.2, 0) is 47.1 Å². The second-order valence-corrected chi connectivity index (χ2v) is 19.2. The van der Waals surface area contributed by atoms with Crippen LogP contribution in [0.3, 0.4) is 0 Å². The first-order chi connectivity index (χ1) is 29.2. The minimum Gasteiger partial charge on any atom is -0.508 e. The number of aromatic hydroxyl groups is 7. The summed E-state index contributed by atoms with van der Waals surface area (Å²) < 4.78 is 76.8. The molecule has 0 aliphatic heterocycles. The van der Waals surface area contributed by atoms with Gasteiger partial charge in [-0.15, -0.1) is 30.7 Å². The molecule has 0 amide bonds. The van der Waals surface area contributed by atoms with Crippen LogP contribution in [0.4, 0.5) is 34.1 Å². The van der Waals surface area contributed by atoms with Gasteiger partial charge in [-0.3, -0.25) is 0 Å². The molecule has 0 saturated heterocycles. The van der Waals surface area contributed by atoms with Crippen molar-refractivity contribution >= 4 is 64.2 Å². The molecule has 346 valence electrons. The van der Waals surface area contributed by atoms with Crippen LogP contribution in [0.5, 0.6) is 40.2 Å². The molecule has 0 aromatic heterocycles. The summed E-state index contributed by atoms with van der Waals surface area (Å²) in [7, 11) is -7.58. The first kappa shape index (κ1) is 53.8. The van der Waals surface area contributed by atoms with Crippen LogP contribution in [0, 0.1) is 0 Å². The molecular weight excluding hydrogens is 945 g/mol. The molecule has 5 aromatic carbocycles. The Morgan fingerprint density at radius 3 is 1.03 bits per heavy atom. The standard InChI is InChI=1S/C20H20N6O8S2.C13H13N3O5S.C4H11N.Fe/c1-21-35(31,32)11-3-5-13(17(28)9-11)23-25-15-7-8-16(27)19(20(15)30)26-24-14-6-4-12(10-18(14)29)36(33,34)22-2;1-14-22(20,21)9-3-5-11(13(19)7-9)16-15-10-4-2-8(17)6-12(10)18;1-4(2,3)5;/h3-10,21-22,27-30H,1-2H3;2-7,14,17-19H,1H3;5H2,1-3H3;. The molecule has 64 heavy (non-hydrogen) atoms. The van der Waals surface area contributed by atoms with Crippen LogP contribution in [0.15, 0.2) is 130 Å². The average molecular weight is 989 g/mol. The van der Waals surface area contributed by atoms with Gasteiger partial charge in [-0.05, 0) is 103 Å². The van der Waals surface area contributed by atoms with E-state index in [2.05, 4.69) is 44.9 Å². The summed E-state index contributed by atoms with van der Waals surface area (Å²) in [6, 6.07) is 16.3. The van der Waals surface area contributed by atoms with E-state index in [4.69, 9.17) is 10.8 Å². The van der Waals surface area contributed by atoms with E-state index in [-0.39, 0.29) is 83.0 Å². The number of rotatable bonds is 12. The number of benzene rings is 5. The fourth-order valence-corrected chi connectivity index (χ4v) is 6.52. The van der Waals surface area contributed by atoms with Gasteiger partial charge in [-0.2, -0.15) is 0 Å². The molecule has 0 aliphatic rings. The fourth-order valence-electron chi connectivity index (χ4n) is 4.27. The van der Waals surface area contributed by atoms with Crippen LogP contribution in [0.1, 0.15) is 20.8 Å². The molecular formula is C37H44FeN10O13S3. The van der Waals surface area contributed by atoms with E-state index < -0.39 is 58.8 Å². The molecule has 5 aromatic rings. The molecule has 0 aliphatic carbocycles. The van der Waals surface area contributed by atoms with Crippen LogP contribution < -0.4 is 19.9 Å². The summed E-state index contributed by atoms with van der Waals surface area (Å²) in [5.41, 5.74) is 4.59. The van der Waals surface area contributed by atoms with Crippen molar-refractivity contribution in [3.63, 3.8) is 0 Å². The number of azo groups is 3. The summed E-state index contributed by atoms with van der Waals surface area (Å²) in [5.74, 6) is -2.94. The van der Waals surface area contributed by atoms with Gasteiger partial charge in [-0.1, -0.05) is 0 Å². The Labute approximate surface area is 378 Å². The molecule has 12 N–H and O–H groups in total. The number of sulfonamides is 3. The first-order valence-corrected chi connectivity index (χ1v) is 22.1. The maximum Gasteiger partial charge on any atom is 0.240 e. The molecule has 0 saturated carbocycles.